The van der Waals surface area contributed by atoms with Crippen molar-refractivity contribution in [1.29, 1.82) is 0 Å². The van der Waals surface area contributed by atoms with E-state index in [9.17, 15) is 4.79 Å². The van der Waals surface area contributed by atoms with Crippen LogP contribution in [0.1, 0.15) is 20.8 Å². The summed E-state index contributed by atoms with van der Waals surface area (Å²) >= 11 is 2.93. The molecule has 1 amide bonds. The summed E-state index contributed by atoms with van der Waals surface area (Å²) in [5.74, 6) is 0.539. The van der Waals surface area contributed by atoms with Crippen molar-refractivity contribution >= 4 is 34.1 Å². The second kappa shape index (κ2) is 7.24. The van der Waals surface area contributed by atoms with Crippen molar-refractivity contribution in [2.45, 2.75) is 37.3 Å². The summed E-state index contributed by atoms with van der Waals surface area (Å²) in [6.07, 6.45) is 0.212. The molecule has 1 aromatic heterocycles. The van der Waals surface area contributed by atoms with Crippen LogP contribution in [0.15, 0.2) is 4.34 Å². The monoisotopic (exact) mass is 316 g/mol. The number of nitrogens with one attached hydrogen (secondary N) is 1. The molecule has 0 aromatic carbocycles. The molecule has 2 rings (SSSR count). The van der Waals surface area contributed by atoms with E-state index in [-0.39, 0.29) is 18.1 Å². The molecule has 1 aromatic rings. The average Bonchev–Trinajstić information content (AvgIpc) is 2.83. The number of aromatic nitrogens is 2. The first kappa shape index (κ1) is 15.5. The van der Waals surface area contributed by atoms with Gasteiger partial charge in [-0.2, -0.15) is 0 Å². The molecule has 2 heterocycles. The molecule has 0 spiro atoms. The molecule has 1 saturated heterocycles. The number of anilines is 1. The first-order valence-electron chi connectivity index (χ1n) is 6.72. The van der Waals surface area contributed by atoms with Crippen molar-refractivity contribution in [1.82, 2.24) is 15.1 Å². The first-order valence-corrected chi connectivity index (χ1v) is 8.52. The molecular weight excluding hydrogens is 296 g/mol. The molecule has 20 heavy (non-hydrogen) atoms. The standard InChI is InChI=1S/C12H20N4O2S2/c1-4-13-11-14-15-12(20-11)19-7-10(17)16-5-8(2)18-9(3)6-16/h8-9H,4-7H2,1-3H3,(H,13,14). The van der Waals surface area contributed by atoms with Crippen LogP contribution in [0.4, 0.5) is 5.13 Å². The van der Waals surface area contributed by atoms with Crippen LogP contribution in [0, 0.1) is 0 Å². The number of rotatable bonds is 5. The lowest BCUT2D eigenvalue weighted by atomic mass is 10.2. The van der Waals surface area contributed by atoms with Gasteiger partial charge in [-0.1, -0.05) is 23.1 Å². The molecular formula is C12H20N4O2S2. The maximum absolute atomic E-state index is 12.2. The predicted octanol–water partition coefficient (Wildman–Crippen LogP) is 1.70. The normalized spacial score (nSPS) is 22.9. The number of carbonyl (C=O) groups is 1. The SMILES string of the molecule is CCNc1nnc(SCC(=O)N2CC(C)OC(C)C2)s1. The van der Waals surface area contributed by atoms with E-state index in [4.69, 9.17) is 4.74 Å². The van der Waals surface area contributed by atoms with Crippen LogP contribution >= 0.6 is 23.1 Å². The zero-order valence-corrected chi connectivity index (χ0v) is 13.6. The van der Waals surface area contributed by atoms with Gasteiger partial charge in [0.25, 0.3) is 0 Å². The molecule has 2 atom stereocenters. The number of hydrogen-bond donors (Lipinski definition) is 1. The summed E-state index contributed by atoms with van der Waals surface area (Å²) in [5, 5.41) is 12.0. The van der Waals surface area contributed by atoms with Crippen molar-refractivity contribution in [2.24, 2.45) is 0 Å². The summed E-state index contributed by atoms with van der Waals surface area (Å²) < 4.78 is 6.45. The Morgan fingerprint density at radius 3 is 2.80 bits per heavy atom. The van der Waals surface area contributed by atoms with E-state index in [1.54, 1.807) is 0 Å². The second-order valence-corrected chi connectivity index (χ2v) is 6.95. The Hall–Kier alpha value is -0.860. The Bertz CT molecular complexity index is 444. The molecule has 2 unspecified atom stereocenters. The van der Waals surface area contributed by atoms with Gasteiger partial charge in [-0.3, -0.25) is 4.79 Å². The molecule has 0 bridgehead atoms. The molecule has 8 heteroatoms. The average molecular weight is 316 g/mol. The van der Waals surface area contributed by atoms with Gasteiger partial charge in [0.1, 0.15) is 0 Å². The largest absolute Gasteiger partial charge is 0.372 e. The van der Waals surface area contributed by atoms with Crippen LogP contribution in [0.2, 0.25) is 0 Å². The van der Waals surface area contributed by atoms with Gasteiger partial charge in [0.2, 0.25) is 11.0 Å². The Labute approximate surface area is 127 Å². The van der Waals surface area contributed by atoms with Gasteiger partial charge in [0.15, 0.2) is 4.34 Å². The lowest BCUT2D eigenvalue weighted by Gasteiger charge is -2.35. The summed E-state index contributed by atoms with van der Waals surface area (Å²) in [4.78, 5) is 14.1. The minimum absolute atomic E-state index is 0.106. The van der Waals surface area contributed by atoms with Crippen LogP contribution in [0.25, 0.3) is 0 Å². The maximum Gasteiger partial charge on any atom is 0.233 e. The highest BCUT2D eigenvalue weighted by Crippen LogP contribution is 2.25. The Morgan fingerprint density at radius 1 is 1.45 bits per heavy atom. The van der Waals surface area contributed by atoms with E-state index < -0.39 is 0 Å². The van der Waals surface area contributed by atoms with Gasteiger partial charge < -0.3 is 15.0 Å². The first-order chi connectivity index (χ1) is 9.58. The fourth-order valence-corrected chi connectivity index (χ4v) is 3.81. The molecule has 1 aliphatic rings. The highest BCUT2D eigenvalue weighted by atomic mass is 32.2. The van der Waals surface area contributed by atoms with E-state index in [1.807, 2.05) is 25.7 Å². The van der Waals surface area contributed by atoms with Gasteiger partial charge in [0.05, 0.1) is 18.0 Å². The molecule has 112 valence electrons. The lowest BCUT2D eigenvalue weighted by molar-refractivity contribution is -0.140. The number of hydrogen-bond acceptors (Lipinski definition) is 7. The van der Waals surface area contributed by atoms with Crippen molar-refractivity contribution in [3.05, 3.63) is 0 Å². The van der Waals surface area contributed by atoms with Crippen LogP contribution in [-0.2, 0) is 9.53 Å². The van der Waals surface area contributed by atoms with Crippen molar-refractivity contribution < 1.29 is 9.53 Å². The second-order valence-electron chi connectivity index (χ2n) is 4.75. The zero-order valence-electron chi connectivity index (χ0n) is 12.0. The zero-order chi connectivity index (χ0) is 14.5. The van der Waals surface area contributed by atoms with Crippen molar-refractivity contribution in [2.75, 3.05) is 30.7 Å². The maximum atomic E-state index is 12.2. The number of carbonyl (C=O) groups excluding carboxylic acids is 1. The van der Waals surface area contributed by atoms with Crippen molar-refractivity contribution in [3.8, 4) is 0 Å². The summed E-state index contributed by atoms with van der Waals surface area (Å²) in [5.41, 5.74) is 0. The highest BCUT2D eigenvalue weighted by Gasteiger charge is 2.25. The fourth-order valence-electron chi connectivity index (χ4n) is 2.09. The lowest BCUT2D eigenvalue weighted by Crippen LogP contribution is -2.48. The Morgan fingerprint density at radius 2 is 2.15 bits per heavy atom. The van der Waals surface area contributed by atoms with Crippen LogP contribution < -0.4 is 5.32 Å². The van der Waals surface area contributed by atoms with E-state index >= 15 is 0 Å². The molecule has 6 nitrogen and oxygen atoms in total. The van der Waals surface area contributed by atoms with Gasteiger partial charge in [-0.05, 0) is 20.8 Å². The molecule has 1 aliphatic heterocycles. The molecule has 0 aliphatic carbocycles. The van der Waals surface area contributed by atoms with E-state index in [0.29, 0.717) is 18.8 Å². The van der Waals surface area contributed by atoms with Gasteiger partial charge in [-0.15, -0.1) is 10.2 Å². The van der Waals surface area contributed by atoms with Crippen LogP contribution in [-0.4, -0.2) is 58.6 Å². The van der Waals surface area contributed by atoms with E-state index in [0.717, 1.165) is 16.0 Å². The topological polar surface area (TPSA) is 67.4 Å². The predicted molar refractivity (Wildman–Crippen MR) is 81.4 cm³/mol. The molecule has 1 N–H and O–H groups in total. The Kier molecular flexibility index (Phi) is 5.62. The summed E-state index contributed by atoms with van der Waals surface area (Å²) in [7, 11) is 0. The minimum Gasteiger partial charge on any atom is -0.372 e. The van der Waals surface area contributed by atoms with Gasteiger partial charge in [-0.25, -0.2) is 0 Å². The molecule has 0 saturated carbocycles. The summed E-state index contributed by atoms with van der Waals surface area (Å²) in [6.45, 7) is 8.16. The fraction of sp³-hybridized carbons (Fsp3) is 0.750. The number of nitrogens with zero attached hydrogens (tertiary/aromatic N) is 3. The number of thioether (sulfide) groups is 1. The number of ether oxygens (including phenoxy) is 1. The quantitative estimate of drug-likeness (QED) is 0.834. The third-order valence-corrected chi connectivity index (χ3v) is 4.82. The molecule has 0 radical (unpaired) electrons. The smallest absolute Gasteiger partial charge is 0.233 e. The van der Waals surface area contributed by atoms with Crippen molar-refractivity contribution in [3.63, 3.8) is 0 Å². The third kappa shape index (κ3) is 4.32. The van der Waals surface area contributed by atoms with E-state index in [2.05, 4.69) is 15.5 Å². The van der Waals surface area contributed by atoms with Gasteiger partial charge in [0, 0.05) is 19.6 Å². The Balaban J connectivity index is 1.81. The van der Waals surface area contributed by atoms with E-state index in [1.165, 1.54) is 23.1 Å². The van der Waals surface area contributed by atoms with Gasteiger partial charge >= 0.3 is 0 Å². The summed E-state index contributed by atoms with van der Waals surface area (Å²) in [6, 6.07) is 0. The third-order valence-electron chi connectivity index (χ3n) is 2.83. The van der Waals surface area contributed by atoms with Crippen LogP contribution in [0.5, 0.6) is 0 Å². The number of amides is 1. The van der Waals surface area contributed by atoms with Crippen LogP contribution in [0.3, 0.4) is 0 Å². The highest BCUT2D eigenvalue weighted by molar-refractivity contribution is 8.01. The minimum atomic E-state index is 0.106. The molecule has 1 fully saturated rings. The number of morpholine rings is 1.